The lowest BCUT2D eigenvalue weighted by Crippen LogP contribution is -2.35. The Morgan fingerprint density at radius 3 is 2.95 bits per heavy atom. The first-order valence-corrected chi connectivity index (χ1v) is 8.70. The number of aromatic nitrogens is 2. The van der Waals surface area contributed by atoms with Gasteiger partial charge in [0.1, 0.15) is 0 Å². The minimum Gasteiger partial charge on any atom is -0.459 e. The molecule has 3 heterocycles. The van der Waals surface area contributed by atoms with E-state index in [1.54, 1.807) is 18.4 Å². The second-order valence-electron chi connectivity index (χ2n) is 5.11. The number of hydrogen-bond donors (Lipinski definition) is 0. The van der Waals surface area contributed by atoms with Gasteiger partial charge in [-0.05, 0) is 25.1 Å². The van der Waals surface area contributed by atoms with Crippen LogP contribution in [0.15, 0.2) is 27.3 Å². The first-order valence-electron chi connectivity index (χ1n) is 6.88. The third-order valence-electron chi connectivity index (χ3n) is 3.68. The van der Waals surface area contributed by atoms with Crippen LogP contribution in [-0.4, -0.2) is 47.6 Å². The van der Waals surface area contributed by atoms with Gasteiger partial charge in [0.05, 0.1) is 24.3 Å². The molecule has 0 bridgehead atoms. The second kappa shape index (κ2) is 5.61. The summed E-state index contributed by atoms with van der Waals surface area (Å²) in [5.41, 5.74) is 0. The fourth-order valence-corrected chi connectivity index (χ4v) is 4.32. The van der Waals surface area contributed by atoms with Crippen LogP contribution in [0.3, 0.4) is 0 Å². The van der Waals surface area contributed by atoms with E-state index >= 15 is 0 Å². The Kier molecular flexibility index (Phi) is 3.81. The molecule has 114 valence electrons. The van der Waals surface area contributed by atoms with Crippen molar-refractivity contribution in [2.45, 2.75) is 25.9 Å². The molecule has 2 aromatic heterocycles. The summed E-state index contributed by atoms with van der Waals surface area (Å²) in [6.45, 7) is 3.21. The van der Waals surface area contributed by atoms with Crippen molar-refractivity contribution < 1.29 is 17.4 Å². The molecule has 0 aliphatic carbocycles. The van der Waals surface area contributed by atoms with Gasteiger partial charge in [-0.3, -0.25) is 4.90 Å². The Balaban J connectivity index is 1.70. The average Bonchev–Trinajstić information content (AvgIpc) is 3.15. The smallest absolute Gasteiger partial charge is 0.293 e. The Morgan fingerprint density at radius 1 is 1.48 bits per heavy atom. The van der Waals surface area contributed by atoms with E-state index in [4.69, 9.17) is 8.94 Å². The van der Waals surface area contributed by atoms with Gasteiger partial charge in [-0.15, -0.1) is 0 Å². The SMILES string of the molecule is CCN(Cc1noc(-c2ccco2)n1)[C@@H]1CCS(=O)(=O)C1. The van der Waals surface area contributed by atoms with Crippen molar-refractivity contribution in [3.05, 3.63) is 24.2 Å². The van der Waals surface area contributed by atoms with Crippen LogP contribution in [0.25, 0.3) is 11.7 Å². The fraction of sp³-hybridized carbons (Fsp3) is 0.538. The summed E-state index contributed by atoms with van der Waals surface area (Å²) in [4.78, 5) is 6.36. The van der Waals surface area contributed by atoms with Gasteiger partial charge in [0.15, 0.2) is 21.4 Å². The van der Waals surface area contributed by atoms with Crippen molar-refractivity contribution >= 4 is 9.84 Å². The Hall–Kier alpha value is -1.67. The summed E-state index contributed by atoms with van der Waals surface area (Å²) in [7, 11) is -2.89. The molecule has 1 atom stereocenters. The first-order chi connectivity index (χ1) is 10.1. The predicted molar refractivity (Wildman–Crippen MR) is 75.1 cm³/mol. The summed E-state index contributed by atoms with van der Waals surface area (Å²) < 4.78 is 33.5. The normalized spacial score (nSPS) is 21.1. The molecule has 0 spiro atoms. The molecule has 1 aliphatic rings. The zero-order valence-corrected chi connectivity index (χ0v) is 12.5. The van der Waals surface area contributed by atoms with Crippen LogP contribution in [0.2, 0.25) is 0 Å². The lowest BCUT2D eigenvalue weighted by Gasteiger charge is -2.24. The molecular formula is C13H17N3O4S. The highest BCUT2D eigenvalue weighted by atomic mass is 32.2. The fourth-order valence-electron chi connectivity index (χ4n) is 2.56. The molecule has 0 radical (unpaired) electrons. The molecule has 0 aromatic carbocycles. The molecule has 7 nitrogen and oxygen atoms in total. The maximum Gasteiger partial charge on any atom is 0.293 e. The van der Waals surface area contributed by atoms with Gasteiger partial charge < -0.3 is 8.94 Å². The zero-order valence-electron chi connectivity index (χ0n) is 11.7. The third kappa shape index (κ3) is 3.16. The number of furan rings is 1. The summed E-state index contributed by atoms with van der Waals surface area (Å²) in [6, 6.07) is 3.53. The van der Waals surface area contributed by atoms with Gasteiger partial charge in [0, 0.05) is 6.04 Å². The standard InChI is InChI=1S/C13H17N3O4S/c1-2-16(10-5-7-21(17,18)9-10)8-12-14-13(20-15-12)11-4-3-6-19-11/h3-4,6,10H,2,5,7-9H2,1H3/t10-/m1/s1. The molecule has 0 unspecified atom stereocenters. The topological polar surface area (TPSA) is 89.4 Å². The first kappa shape index (κ1) is 14.3. The monoisotopic (exact) mass is 311 g/mol. The van der Waals surface area contributed by atoms with Crippen LogP contribution in [0.4, 0.5) is 0 Å². The van der Waals surface area contributed by atoms with Crippen molar-refractivity contribution in [2.75, 3.05) is 18.1 Å². The molecule has 1 aliphatic heterocycles. The van der Waals surface area contributed by atoms with E-state index in [0.29, 0.717) is 30.4 Å². The molecular weight excluding hydrogens is 294 g/mol. The highest BCUT2D eigenvalue weighted by molar-refractivity contribution is 7.91. The summed E-state index contributed by atoms with van der Waals surface area (Å²) in [5, 5.41) is 3.93. The highest BCUT2D eigenvalue weighted by Crippen LogP contribution is 2.21. The number of rotatable bonds is 5. The Labute approximate surface area is 122 Å². The van der Waals surface area contributed by atoms with Gasteiger partial charge in [-0.1, -0.05) is 12.1 Å². The zero-order chi connectivity index (χ0) is 14.9. The van der Waals surface area contributed by atoms with Gasteiger partial charge in [-0.2, -0.15) is 4.98 Å². The van der Waals surface area contributed by atoms with E-state index in [-0.39, 0.29) is 17.5 Å². The predicted octanol–water partition coefficient (Wildman–Crippen LogP) is 1.34. The summed E-state index contributed by atoms with van der Waals surface area (Å²) in [5.74, 6) is 1.87. The van der Waals surface area contributed by atoms with Crippen LogP contribution in [0.5, 0.6) is 0 Å². The second-order valence-corrected chi connectivity index (χ2v) is 7.34. The molecule has 8 heteroatoms. The molecule has 0 N–H and O–H groups in total. The van der Waals surface area contributed by atoms with Crippen molar-refractivity contribution in [1.82, 2.24) is 15.0 Å². The lowest BCUT2D eigenvalue weighted by atomic mass is 10.2. The van der Waals surface area contributed by atoms with Gasteiger partial charge in [0.25, 0.3) is 5.89 Å². The molecule has 1 fully saturated rings. The molecule has 1 saturated heterocycles. The molecule has 21 heavy (non-hydrogen) atoms. The van der Waals surface area contributed by atoms with Crippen molar-refractivity contribution in [2.24, 2.45) is 0 Å². The maximum atomic E-state index is 11.6. The van der Waals surface area contributed by atoms with Gasteiger partial charge in [0.2, 0.25) is 0 Å². The quantitative estimate of drug-likeness (QED) is 0.823. The molecule has 3 rings (SSSR count). The largest absolute Gasteiger partial charge is 0.459 e. The number of hydrogen-bond acceptors (Lipinski definition) is 7. The average molecular weight is 311 g/mol. The molecule has 2 aromatic rings. The summed E-state index contributed by atoms with van der Waals surface area (Å²) in [6.07, 6.45) is 2.21. The van der Waals surface area contributed by atoms with E-state index in [1.807, 2.05) is 6.92 Å². The van der Waals surface area contributed by atoms with Crippen molar-refractivity contribution in [1.29, 1.82) is 0 Å². The van der Waals surface area contributed by atoms with E-state index < -0.39 is 9.84 Å². The van der Waals surface area contributed by atoms with E-state index in [0.717, 1.165) is 6.54 Å². The van der Waals surface area contributed by atoms with Crippen molar-refractivity contribution in [3.8, 4) is 11.7 Å². The minimum atomic E-state index is -2.89. The van der Waals surface area contributed by atoms with E-state index in [9.17, 15) is 8.42 Å². The van der Waals surface area contributed by atoms with Crippen LogP contribution in [0.1, 0.15) is 19.2 Å². The van der Waals surface area contributed by atoms with Gasteiger partial charge >= 0.3 is 0 Å². The molecule has 0 amide bonds. The Morgan fingerprint density at radius 2 is 2.33 bits per heavy atom. The van der Waals surface area contributed by atoms with E-state index in [2.05, 4.69) is 15.0 Å². The third-order valence-corrected chi connectivity index (χ3v) is 5.43. The van der Waals surface area contributed by atoms with Gasteiger partial charge in [-0.25, -0.2) is 8.42 Å². The maximum absolute atomic E-state index is 11.6. The number of sulfone groups is 1. The van der Waals surface area contributed by atoms with E-state index in [1.165, 1.54) is 0 Å². The number of nitrogens with zero attached hydrogens (tertiary/aromatic N) is 3. The minimum absolute atomic E-state index is 0.0329. The highest BCUT2D eigenvalue weighted by Gasteiger charge is 2.32. The summed E-state index contributed by atoms with van der Waals surface area (Å²) >= 11 is 0. The Bertz CT molecular complexity index is 693. The van der Waals surface area contributed by atoms with Crippen LogP contribution in [-0.2, 0) is 16.4 Å². The van der Waals surface area contributed by atoms with Crippen LogP contribution >= 0.6 is 0 Å². The lowest BCUT2D eigenvalue weighted by molar-refractivity contribution is 0.207. The molecule has 0 saturated carbocycles. The van der Waals surface area contributed by atoms with Crippen molar-refractivity contribution in [3.63, 3.8) is 0 Å². The van der Waals surface area contributed by atoms with Crippen LogP contribution < -0.4 is 0 Å². The van der Waals surface area contributed by atoms with Crippen LogP contribution in [0, 0.1) is 0 Å².